The Bertz CT molecular complexity index is 122. The highest BCUT2D eigenvalue weighted by atomic mass is 16.7. The normalized spacial score (nSPS) is 37.5. The molecule has 1 atom stereocenters. The highest BCUT2D eigenvalue weighted by molar-refractivity contribution is 4.86. The van der Waals surface area contributed by atoms with Gasteiger partial charge in [0.1, 0.15) is 0 Å². The molecule has 58 valence electrons. The van der Waals surface area contributed by atoms with Crippen LogP contribution in [0.25, 0.3) is 0 Å². The van der Waals surface area contributed by atoms with Crippen molar-refractivity contribution in [2.75, 3.05) is 13.2 Å². The molecular formula is C8H14O2. The topological polar surface area (TPSA) is 18.5 Å². The summed E-state index contributed by atoms with van der Waals surface area (Å²) in [4.78, 5) is 0. The summed E-state index contributed by atoms with van der Waals surface area (Å²) in [6.45, 7) is 3.81. The van der Waals surface area contributed by atoms with Gasteiger partial charge in [-0.1, -0.05) is 6.92 Å². The Morgan fingerprint density at radius 1 is 1.30 bits per heavy atom. The van der Waals surface area contributed by atoms with Crippen molar-refractivity contribution in [2.45, 2.75) is 32.0 Å². The van der Waals surface area contributed by atoms with Crippen LogP contribution >= 0.6 is 0 Å². The van der Waals surface area contributed by atoms with E-state index >= 15 is 0 Å². The van der Waals surface area contributed by atoms with Crippen LogP contribution in [0.2, 0.25) is 0 Å². The molecule has 0 bridgehead atoms. The van der Waals surface area contributed by atoms with Gasteiger partial charge in [0, 0.05) is 12.3 Å². The first-order valence-corrected chi connectivity index (χ1v) is 4.11. The molecule has 0 aromatic heterocycles. The minimum atomic E-state index is -0.153. The van der Waals surface area contributed by atoms with Gasteiger partial charge >= 0.3 is 0 Å². The molecule has 2 fully saturated rings. The Hall–Kier alpha value is -0.0800. The molecule has 2 aliphatic rings. The maximum atomic E-state index is 5.59. The summed E-state index contributed by atoms with van der Waals surface area (Å²) < 4.78 is 11.2. The summed E-state index contributed by atoms with van der Waals surface area (Å²) >= 11 is 0. The molecule has 2 heteroatoms. The van der Waals surface area contributed by atoms with E-state index in [1.807, 2.05) is 0 Å². The molecule has 0 aromatic rings. The van der Waals surface area contributed by atoms with Crippen LogP contribution in [0.5, 0.6) is 0 Å². The number of ether oxygens (including phenoxy) is 2. The van der Waals surface area contributed by atoms with Crippen molar-refractivity contribution >= 4 is 0 Å². The summed E-state index contributed by atoms with van der Waals surface area (Å²) in [5, 5.41) is 0. The quantitative estimate of drug-likeness (QED) is 0.511. The Kier molecular flexibility index (Phi) is 1.46. The smallest absolute Gasteiger partial charge is 0.171 e. The number of hydrogen-bond acceptors (Lipinski definition) is 2. The highest BCUT2D eigenvalue weighted by Crippen LogP contribution is 2.41. The van der Waals surface area contributed by atoms with Gasteiger partial charge in [-0.3, -0.25) is 0 Å². The van der Waals surface area contributed by atoms with E-state index in [-0.39, 0.29) is 5.79 Å². The largest absolute Gasteiger partial charge is 0.347 e. The van der Waals surface area contributed by atoms with Crippen molar-refractivity contribution in [3.8, 4) is 0 Å². The lowest BCUT2D eigenvalue weighted by Crippen LogP contribution is -2.32. The van der Waals surface area contributed by atoms with Crippen LogP contribution in [0.3, 0.4) is 0 Å². The summed E-state index contributed by atoms with van der Waals surface area (Å²) in [5.74, 6) is 0.454. The van der Waals surface area contributed by atoms with Gasteiger partial charge in [0.2, 0.25) is 0 Å². The van der Waals surface area contributed by atoms with E-state index in [2.05, 4.69) is 6.92 Å². The molecule has 10 heavy (non-hydrogen) atoms. The van der Waals surface area contributed by atoms with Crippen LogP contribution in [0.4, 0.5) is 0 Å². The van der Waals surface area contributed by atoms with E-state index < -0.39 is 0 Å². The second kappa shape index (κ2) is 2.21. The first kappa shape index (κ1) is 6.62. The lowest BCUT2D eigenvalue weighted by Gasteiger charge is -2.26. The van der Waals surface area contributed by atoms with E-state index in [9.17, 15) is 0 Å². The van der Waals surface area contributed by atoms with Gasteiger partial charge in [-0.2, -0.15) is 0 Å². The number of rotatable bonds is 0. The van der Waals surface area contributed by atoms with Crippen molar-refractivity contribution in [3.63, 3.8) is 0 Å². The second-order valence-corrected chi connectivity index (χ2v) is 3.30. The van der Waals surface area contributed by atoms with E-state index in [0.29, 0.717) is 5.92 Å². The lowest BCUT2D eigenvalue weighted by atomic mass is 10.1. The molecule has 1 aliphatic heterocycles. The first-order chi connectivity index (χ1) is 4.83. The van der Waals surface area contributed by atoms with Gasteiger partial charge in [-0.05, 0) is 12.8 Å². The van der Waals surface area contributed by atoms with Crippen LogP contribution in [-0.4, -0.2) is 19.0 Å². The van der Waals surface area contributed by atoms with Crippen molar-refractivity contribution in [1.29, 1.82) is 0 Å². The fraction of sp³-hybridized carbons (Fsp3) is 1.00. The monoisotopic (exact) mass is 142 g/mol. The zero-order valence-corrected chi connectivity index (χ0v) is 6.43. The summed E-state index contributed by atoms with van der Waals surface area (Å²) in [6, 6.07) is 0. The fourth-order valence-corrected chi connectivity index (χ4v) is 2.02. The van der Waals surface area contributed by atoms with Crippen molar-refractivity contribution in [3.05, 3.63) is 0 Å². The van der Waals surface area contributed by atoms with Gasteiger partial charge in [0.15, 0.2) is 5.79 Å². The lowest BCUT2D eigenvalue weighted by molar-refractivity contribution is -0.177. The SMILES string of the molecule is C[C@@H]1CCCC12OCCO2. The molecule has 2 rings (SSSR count). The van der Waals surface area contributed by atoms with Gasteiger partial charge in [-0.25, -0.2) is 0 Å². The third-order valence-corrected chi connectivity index (χ3v) is 2.69. The minimum absolute atomic E-state index is 0.153. The molecule has 1 aliphatic carbocycles. The summed E-state index contributed by atoms with van der Waals surface area (Å²) in [7, 11) is 0. The first-order valence-electron chi connectivity index (χ1n) is 4.11. The predicted octanol–water partition coefficient (Wildman–Crippen LogP) is 1.55. The fourth-order valence-electron chi connectivity index (χ4n) is 2.02. The molecule has 2 nitrogen and oxygen atoms in total. The van der Waals surface area contributed by atoms with Gasteiger partial charge in [-0.15, -0.1) is 0 Å². The maximum absolute atomic E-state index is 5.59. The van der Waals surface area contributed by atoms with Crippen LogP contribution < -0.4 is 0 Å². The third kappa shape index (κ3) is 0.789. The molecule has 1 spiro atoms. The van der Waals surface area contributed by atoms with Crippen molar-refractivity contribution < 1.29 is 9.47 Å². The Labute approximate surface area is 61.5 Å². The predicted molar refractivity (Wildman–Crippen MR) is 37.6 cm³/mol. The van der Waals surface area contributed by atoms with E-state index in [0.717, 1.165) is 19.6 Å². The Morgan fingerprint density at radius 2 is 2.00 bits per heavy atom. The van der Waals surface area contributed by atoms with Gasteiger partial charge < -0.3 is 9.47 Å². The molecule has 1 heterocycles. The molecular weight excluding hydrogens is 128 g/mol. The maximum Gasteiger partial charge on any atom is 0.171 e. The minimum Gasteiger partial charge on any atom is -0.347 e. The summed E-state index contributed by atoms with van der Waals surface area (Å²) in [6.07, 6.45) is 3.63. The van der Waals surface area contributed by atoms with Crippen LogP contribution in [0.1, 0.15) is 26.2 Å². The van der Waals surface area contributed by atoms with Crippen LogP contribution in [-0.2, 0) is 9.47 Å². The van der Waals surface area contributed by atoms with E-state index in [1.54, 1.807) is 0 Å². The van der Waals surface area contributed by atoms with Gasteiger partial charge in [0.05, 0.1) is 13.2 Å². The number of hydrogen-bond donors (Lipinski definition) is 0. The van der Waals surface area contributed by atoms with Crippen LogP contribution in [0, 0.1) is 5.92 Å². The molecule has 0 radical (unpaired) electrons. The third-order valence-electron chi connectivity index (χ3n) is 2.69. The highest BCUT2D eigenvalue weighted by Gasteiger charge is 2.45. The molecule has 0 unspecified atom stereocenters. The zero-order chi connectivity index (χ0) is 7.03. The average Bonchev–Trinajstić information content (AvgIpc) is 2.48. The average molecular weight is 142 g/mol. The molecule has 1 saturated carbocycles. The molecule has 0 N–H and O–H groups in total. The van der Waals surface area contributed by atoms with Crippen LogP contribution in [0.15, 0.2) is 0 Å². The molecule has 0 amide bonds. The molecule has 1 saturated heterocycles. The van der Waals surface area contributed by atoms with E-state index in [4.69, 9.17) is 9.47 Å². The Morgan fingerprint density at radius 3 is 2.50 bits per heavy atom. The Balaban J connectivity index is 2.11. The van der Waals surface area contributed by atoms with Crippen molar-refractivity contribution in [2.24, 2.45) is 5.92 Å². The van der Waals surface area contributed by atoms with Crippen molar-refractivity contribution in [1.82, 2.24) is 0 Å². The van der Waals surface area contributed by atoms with Gasteiger partial charge in [0.25, 0.3) is 0 Å². The zero-order valence-electron chi connectivity index (χ0n) is 6.43. The second-order valence-electron chi connectivity index (χ2n) is 3.30. The van der Waals surface area contributed by atoms with E-state index in [1.165, 1.54) is 12.8 Å². The standard InChI is InChI=1S/C8H14O2/c1-7-3-2-4-8(7)9-5-6-10-8/h7H,2-6H2,1H3/t7-/m1/s1. The summed E-state index contributed by atoms with van der Waals surface area (Å²) in [5.41, 5.74) is 0. The molecule has 0 aromatic carbocycles.